The van der Waals surface area contributed by atoms with Gasteiger partial charge < -0.3 is 29.7 Å². The third kappa shape index (κ3) is 5.90. The highest BCUT2D eigenvalue weighted by atomic mass is 16.5. The van der Waals surface area contributed by atoms with Gasteiger partial charge in [0.05, 0.1) is 21.3 Å². The van der Waals surface area contributed by atoms with Gasteiger partial charge in [-0.2, -0.15) is 0 Å². The monoisotopic (exact) mass is 401 g/mol. The van der Waals surface area contributed by atoms with E-state index >= 15 is 0 Å². The average Bonchev–Trinajstić information content (AvgIpc) is 2.73. The third-order valence-electron chi connectivity index (χ3n) is 4.11. The van der Waals surface area contributed by atoms with Gasteiger partial charge in [-0.05, 0) is 41.5 Å². The van der Waals surface area contributed by atoms with Crippen molar-refractivity contribution in [3.05, 3.63) is 53.6 Å². The van der Waals surface area contributed by atoms with Gasteiger partial charge in [0.25, 0.3) is 0 Å². The Hall–Kier alpha value is -3.68. The van der Waals surface area contributed by atoms with Gasteiger partial charge in [0.1, 0.15) is 11.8 Å². The van der Waals surface area contributed by atoms with Gasteiger partial charge in [-0.25, -0.2) is 4.79 Å². The van der Waals surface area contributed by atoms with Gasteiger partial charge in [-0.3, -0.25) is 4.79 Å². The topological polar surface area (TPSA) is 114 Å². The van der Waals surface area contributed by atoms with Gasteiger partial charge in [0, 0.05) is 12.5 Å². The van der Waals surface area contributed by atoms with Crippen LogP contribution >= 0.6 is 0 Å². The van der Waals surface area contributed by atoms with Crippen LogP contribution in [0.2, 0.25) is 0 Å². The number of rotatable bonds is 8. The number of phenols is 2. The van der Waals surface area contributed by atoms with E-state index in [1.54, 1.807) is 12.1 Å². The fraction of sp³-hybridized carbons (Fsp3) is 0.238. The molecule has 0 aliphatic carbocycles. The summed E-state index contributed by atoms with van der Waals surface area (Å²) in [6.07, 6.45) is 2.94. The second-order valence-corrected chi connectivity index (χ2v) is 6.06. The first kappa shape index (κ1) is 21.6. The van der Waals surface area contributed by atoms with Crippen LogP contribution in [0.3, 0.4) is 0 Å². The minimum atomic E-state index is -0.898. The molecule has 154 valence electrons. The molecule has 3 N–H and O–H groups in total. The molecule has 29 heavy (non-hydrogen) atoms. The summed E-state index contributed by atoms with van der Waals surface area (Å²) in [4.78, 5) is 24.3. The summed E-state index contributed by atoms with van der Waals surface area (Å²) in [5.74, 6) is -0.738. The van der Waals surface area contributed by atoms with Crippen molar-refractivity contribution in [3.8, 4) is 23.0 Å². The molecule has 0 aliphatic rings. The summed E-state index contributed by atoms with van der Waals surface area (Å²) < 4.78 is 14.9. The van der Waals surface area contributed by atoms with Crippen LogP contribution < -0.4 is 14.8 Å². The Morgan fingerprint density at radius 1 is 1.03 bits per heavy atom. The highest BCUT2D eigenvalue weighted by molar-refractivity contribution is 5.94. The molecule has 0 heterocycles. The van der Waals surface area contributed by atoms with Gasteiger partial charge in [-0.1, -0.05) is 12.1 Å². The molecule has 2 aromatic carbocycles. The first-order valence-electron chi connectivity index (χ1n) is 8.67. The normalized spacial score (nSPS) is 11.7. The zero-order chi connectivity index (χ0) is 21.4. The van der Waals surface area contributed by atoms with E-state index in [9.17, 15) is 19.8 Å². The highest BCUT2D eigenvalue weighted by Crippen LogP contribution is 2.37. The van der Waals surface area contributed by atoms with Crippen LogP contribution in [0.4, 0.5) is 0 Å². The molecule has 0 fully saturated rings. The molecule has 0 spiro atoms. The van der Waals surface area contributed by atoms with E-state index in [1.165, 1.54) is 57.7 Å². The van der Waals surface area contributed by atoms with Crippen LogP contribution in [0.15, 0.2) is 42.5 Å². The predicted octanol–water partition coefficient (Wildman–Crippen LogP) is 2.03. The highest BCUT2D eigenvalue weighted by Gasteiger charge is 2.21. The molecule has 1 amide bonds. The van der Waals surface area contributed by atoms with E-state index in [0.29, 0.717) is 5.56 Å². The molecule has 2 aromatic rings. The predicted molar refractivity (Wildman–Crippen MR) is 106 cm³/mol. The summed E-state index contributed by atoms with van der Waals surface area (Å²) in [6.45, 7) is 0. The van der Waals surface area contributed by atoms with E-state index < -0.39 is 17.9 Å². The lowest BCUT2D eigenvalue weighted by atomic mass is 10.1. The fourth-order valence-electron chi connectivity index (χ4n) is 2.61. The first-order chi connectivity index (χ1) is 13.9. The van der Waals surface area contributed by atoms with Crippen molar-refractivity contribution in [1.29, 1.82) is 0 Å². The molecule has 0 aliphatic heterocycles. The maximum Gasteiger partial charge on any atom is 0.328 e. The van der Waals surface area contributed by atoms with Crippen molar-refractivity contribution < 1.29 is 34.0 Å². The van der Waals surface area contributed by atoms with Crippen molar-refractivity contribution in [1.82, 2.24) is 5.32 Å². The number of hydrogen-bond acceptors (Lipinski definition) is 7. The zero-order valence-corrected chi connectivity index (χ0v) is 16.3. The number of phenolic OH excluding ortho intramolecular Hbond substituents is 2. The summed E-state index contributed by atoms with van der Waals surface area (Å²) in [6, 6.07) is 8.48. The van der Waals surface area contributed by atoms with E-state index in [-0.39, 0.29) is 29.4 Å². The average molecular weight is 401 g/mol. The Labute approximate surface area is 168 Å². The summed E-state index contributed by atoms with van der Waals surface area (Å²) in [5.41, 5.74) is 1.30. The lowest BCUT2D eigenvalue weighted by Gasteiger charge is -2.15. The third-order valence-corrected chi connectivity index (χ3v) is 4.11. The molecule has 0 saturated heterocycles. The molecule has 0 saturated carbocycles. The second-order valence-electron chi connectivity index (χ2n) is 6.06. The largest absolute Gasteiger partial charge is 0.508 e. The molecule has 1 atom stereocenters. The smallest absolute Gasteiger partial charge is 0.328 e. The maximum atomic E-state index is 12.3. The second kappa shape index (κ2) is 10.0. The number of esters is 1. The minimum absolute atomic E-state index is 0.107. The van der Waals surface area contributed by atoms with E-state index in [2.05, 4.69) is 5.32 Å². The lowest BCUT2D eigenvalue weighted by Crippen LogP contribution is -2.42. The van der Waals surface area contributed by atoms with E-state index in [4.69, 9.17) is 14.2 Å². The first-order valence-corrected chi connectivity index (χ1v) is 8.67. The van der Waals surface area contributed by atoms with Crippen LogP contribution in [0.1, 0.15) is 11.1 Å². The van der Waals surface area contributed by atoms with Crippen LogP contribution in [-0.2, 0) is 20.7 Å². The van der Waals surface area contributed by atoms with Crippen LogP contribution in [0.5, 0.6) is 23.0 Å². The Morgan fingerprint density at radius 3 is 2.14 bits per heavy atom. The number of benzene rings is 2. The van der Waals surface area contributed by atoms with Crippen molar-refractivity contribution in [2.75, 3.05) is 21.3 Å². The van der Waals surface area contributed by atoms with E-state index in [0.717, 1.165) is 5.56 Å². The number of carbonyl (C=O) groups is 2. The number of aromatic hydroxyl groups is 2. The molecule has 0 aromatic heterocycles. The molecular formula is C21H23NO7. The van der Waals surface area contributed by atoms with Gasteiger partial charge >= 0.3 is 5.97 Å². The molecule has 1 unspecified atom stereocenters. The summed E-state index contributed by atoms with van der Waals surface area (Å²) in [7, 11) is 4.04. The number of nitrogens with one attached hydrogen (secondary N) is 1. The van der Waals surface area contributed by atoms with E-state index in [1.807, 2.05) is 0 Å². The molecule has 0 bridgehead atoms. The van der Waals surface area contributed by atoms with Gasteiger partial charge in [-0.15, -0.1) is 0 Å². The maximum absolute atomic E-state index is 12.3. The number of amides is 1. The summed E-state index contributed by atoms with van der Waals surface area (Å²) >= 11 is 0. The van der Waals surface area contributed by atoms with Crippen molar-refractivity contribution >= 4 is 18.0 Å². The fourth-order valence-corrected chi connectivity index (χ4v) is 2.61. The zero-order valence-electron chi connectivity index (χ0n) is 16.3. The molecular weight excluding hydrogens is 378 g/mol. The lowest BCUT2D eigenvalue weighted by molar-refractivity contribution is -0.144. The number of ether oxygens (including phenoxy) is 3. The quantitative estimate of drug-likeness (QED) is 0.458. The standard InChI is InChI=1S/C21H23NO7/c1-27-17-11-14(12-18(28-2)20(17)25)6-9-19(24)22-16(21(26)29-3)10-13-4-7-15(23)8-5-13/h4-9,11-12,16,23,25H,10H2,1-3H3,(H,22,24)/b9-6+. The SMILES string of the molecule is COC(=O)C(Cc1ccc(O)cc1)NC(=O)/C=C/c1cc(OC)c(O)c(OC)c1. The van der Waals surface area contributed by atoms with Crippen molar-refractivity contribution in [2.45, 2.75) is 12.5 Å². The number of carbonyl (C=O) groups excluding carboxylic acids is 2. The molecule has 8 nitrogen and oxygen atoms in total. The van der Waals surface area contributed by atoms with Crippen LogP contribution in [0, 0.1) is 0 Å². The number of hydrogen-bond donors (Lipinski definition) is 3. The van der Waals surface area contributed by atoms with Crippen molar-refractivity contribution in [2.24, 2.45) is 0 Å². The number of methoxy groups -OCH3 is 3. The Kier molecular flexibility index (Phi) is 7.47. The van der Waals surface area contributed by atoms with Crippen LogP contribution in [0.25, 0.3) is 6.08 Å². The minimum Gasteiger partial charge on any atom is -0.508 e. The molecule has 8 heteroatoms. The van der Waals surface area contributed by atoms with Crippen molar-refractivity contribution in [3.63, 3.8) is 0 Å². The van der Waals surface area contributed by atoms with Gasteiger partial charge in [0.2, 0.25) is 11.7 Å². The summed E-state index contributed by atoms with van der Waals surface area (Å²) in [5, 5.41) is 21.9. The van der Waals surface area contributed by atoms with Gasteiger partial charge in [0.15, 0.2) is 11.5 Å². The Balaban J connectivity index is 2.13. The van der Waals surface area contributed by atoms with Crippen LogP contribution in [-0.4, -0.2) is 49.5 Å². The Bertz CT molecular complexity index is 865. The molecule has 0 radical (unpaired) electrons. The Morgan fingerprint density at radius 2 is 1.62 bits per heavy atom. The molecule has 2 rings (SSSR count).